The lowest BCUT2D eigenvalue weighted by atomic mass is 10.0. The molecule has 0 radical (unpaired) electrons. The van der Waals surface area contributed by atoms with Crippen molar-refractivity contribution in [1.29, 1.82) is 0 Å². The summed E-state index contributed by atoms with van der Waals surface area (Å²) in [7, 11) is 0. The molecule has 272 valence electrons. The van der Waals surface area contributed by atoms with Crippen molar-refractivity contribution in [1.82, 2.24) is 0 Å². The summed E-state index contributed by atoms with van der Waals surface area (Å²) in [6, 6.07) is 9.19. The summed E-state index contributed by atoms with van der Waals surface area (Å²) in [6.45, 7) is 4.62. The number of hydrogen-bond donors (Lipinski definition) is 0. The van der Waals surface area contributed by atoms with Crippen LogP contribution in [0.1, 0.15) is 166 Å². The van der Waals surface area contributed by atoms with E-state index in [0.717, 1.165) is 0 Å². The van der Waals surface area contributed by atoms with Gasteiger partial charge in [0.25, 0.3) is 0 Å². The summed E-state index contributed by atoms with van der Waals surface area (Å²) < 4.78 is 9.53. The minimum absolute atomic E-state index is 1.23. The van der Waals surface area contributed by atoms with E-state index in [2.05, 4.69) is 94.2 Å². The van der Waals surface area contributed by atoms with Gasteiger partial charge in [0.1, 0.15) is 0 Å². The van der Waals surface area contributed by atoms with Gasteiger partial charge in [0.15, 0.2) is 0 Å². The van der Waals surface area contributed by atoms with Crippen molar-refractivity contribution in [3.63, 3.8) is 0 Å². The average Bonchev–Trinajstić information content (AvgIpc) is 3.97. The van der Waals surface area contributed by atoms with Crippen LogP contribution in [0, 0.1) is 0 Å². The molecule has 0 aliphatic heterocycles. The van der Waals surface area contributed by atoms with Crippen LogP contribution in [0.4, 0.5) is 0 Å². The van der Waals surface area contributed by atoms with Gasteiger partial charge < -0.3 is 0 Å². The normalized spacial score (nSPS) is 12.1. The Morgan fingerprint density at radius 1 is 0.360 bits per heavy atom. The second-order valence-corrected chi connectivity index (χ2v) is 20.5. The molecule has 6 aromatic heterocycles. The van der Waals surface area contributed by atoms with Gasteiger partial charge in [-0.15, -0.1) is 68.0 Å². The Labute approximate surface area is 327 Å². The Kier molecular flexibility index (Phi) is 16.3. The molecule has 0 saturated carbocycles. The Bertz CT molecular complexity index is 1650. The van der Waals surface area contributed by atoms with Crippen LogP contribution in [0.2, 0.25) is 0 Å². The van der Waals surface area contributed by atoms with Crippen molar-refractivity contribution in [3.05, 3.63) is 46.2 Å². The largest absolute Gasteiger partial charge is 0.143 e. The number of hydrogen-bond acceptors (Lipinski definition) is 6. The van der Waals surface area contributed by atoms with Crippen LogP contribution in [-0.2, 0) is 12.8 Å². The van der Waals surface area contributed by atoms with E-state index in [0.29, 0.717) is 0 Å². The van der Waals surface area contributed by atoms with Crippen molar-refractivity contribution < 1.29 is 0 Å². The van der Waals surface area contributed by atoms with Crippen LogP contribution in [0.25, 0.3) is 47.7 Å². The smallest absolute Gasteiger partial charge is 0.0651 e. The third-order valence-corrected chi connectivity index (χ3v) is 18.3. The fourth-order valence-electron chi connectivity index (χ4n) is 7.61. The Morgan fingerprint density at radius 3 is 1.00 bits per heavy atom. The van der Waals surface area contributed by atoms with Gasteiger partial charge in [-0.05, 0) is 59.7 Å². The molecule has 50 heavy (non-hydrogen) atoms. The van der Waals surface area contributed by atoms with Crippen LogP contribution in [0.15, 0.2) is 35.0 Å². The molecule has 0 N–H and O–H groups in total. The predicted octanol–water partition coefficient (Wildman–Crippen LogP) is 18.6. The molecule has 0 nitrogen and oxygen atoms in total. The van der Waals surface area contributed by atoms with Crippen molar-refractivity contribution in [2.75, 3.05) is 0 Å². The molecule has 0 fully saturated rings. The van der Waals surface area contributed by atoms with Crippen LogP contribution < -0.4 is 0 Å². The van der Waals surface area contributed by atoms with Gasteiger partial charge in [-0.2, -0.15) is 0 Å². The molecule has 0 bridgehead atoms. The molecular formula is C44H60S6. The molecule has 0 spiro atoms. The first-order valence-electron chi connectivity index (χ1n) is 20.3. The first kappa shape index (κ1) is 38.7. The topological polar surface area (TPSA) is 0 Å². The molecule has 6 heterocycles. The van der Waals surface area contributed by atoms with Gasteiger partial charge in [-0.1, -0.05) is 154 Å². The van der Waals surface area contributed by atoms with Crippen LogP contribution in [0.3, 0.4) is 0 Å². The molecule has 0 aliphatic rings. The monoisotopic (exact) mass is 780 g/mol. The first-order chi connectivity index (χ1) is 24.8. The quantitative estimate of drug-likeness (QED) is 0.0481. The molecule has 6 rings (SSSR count). The Morgan fingerprint density at radius 2 is 0.680 bits per heavy atom. The van der Waals surface area contributed by atoms with Gasteiger partial charge in [0.2, 0.25) is 0 Å². The number of thiophene rings is 6. The maximum Gasteiger partial charge on any atom is 0.0651 e. The highest BCUT2D eigenvalue weighted by Gasteiger charge is 2.25. The summed E-state index contributed by atoms with van der Waals surface area (Å²) in [5, 5.41) is 4.53. The highest BCUT2D eigenvalue weighted by molar-refractivity contribution is 7.46. The Hall–Kier alpha value is -1.02. The van der Waals surface area contributed by atoms with Crippen molar-refractivity contribution >= 4 is 96.2 Å². The van der Waals surface area contributed by atoms with E-state index in [1.807, 2.05) is 22.7 Å². The maximum atomic E-state index is 2.35. The molecule has 0 saturated heterocycles. The van der Waals surface area contributed by atoms with Gasteiger partial charge in [0, 0.05) is 19.5 Å². The second kappa shape index (κ2) is 21.0. The zero-order valence-electron chi connectivity index (χ0n) is 30.9. The number of unbranched alkanes of at least 4 members (excludes halogenated alkanes) is 20. The number of rotatable bonds is 26. The molecule has 0 aliphatic carbocycles. The molecule has 6 heteroatoms. The zero-order chi connectivity index (χ0) is 34.4. The zero-order valence-corrected chi connectivity index (χ0v) is 35.8. The SMILES string of the molecule is CCCCCCCCCCCCCc1c(-c2cccs2)sc2c1sc1c3sc(-c4cccs4)c(CCCCCCCCCCCCC)c3sc21. The summed E-state index contributed by atoms with van der Waals surface area (Å²) in [6.07, 6.45) is 33.4. The first-order valence-corrected chi connectivity index (χ1v) is 25.3. The van der Waals surface area contributed by atoms with Crippen LogP contribution in [0.5, 0.6) is 0 Å². The van der Waals surface area contributed by atoms with E-state index in [1.165, 1.54) is 164 Å². The molecule has 0 aromatic carbocycles. The molecule has 6 aromatic rings. The molecule has 0 atom stereocenters. The summed E-state index contributed by atoms with van der Waals surface area (Å²) in [4.78, 5) is 6.07. The van der Waals surface area contributed by atoms with Gasteiger partial charge in [-0.3, -0.25) is 0 Å². The average molecular weight is 781 g/mol. The van der Waals surface area contributed by atoms with Gasteiger partial charge in [0.05, 0.1) is 28.2 Å². The predicted molar refractivity (Wildman–Crippen MR) is 237 cm³/mol. The van der Waals surface area contributed by atoms with E-state index in [4.69, 9.17) is 0 Å². The third-order valence-electron chi connectivity index (χ3n) is 10.5. The van der Waals surface area contributed by atoms with Crippen molar-refractivity contribution in [2.24, 2.45) is 0 Å². The lowest BCUT2D eigenvalue weighted by molar-refractivity contribution is 0.550. The molecule has 0 unspecified atom stereocenters. The fourth-order valence-corrected chi connectivity index (χ4v) is 15.6. The lowest BCUT2D eigenvalue weighted by Gasteiger charge is -2.04. The van der Waals surface area contributed by atoms with E-state index in [1.54, 1.807) is 49.1 Å². The van der Waals surface area contributed by atoms with E-state index < -0.39 is 0 Å². The van der Waals surface area contributed by atoms with Gasteiger partial charge >= 0.3 is 0 Å². The van der Waals surface area contributed by atoms with Crippen molar-refractivity contribution in [3.8, 4) is 19.5 Å². The minimum Gasteiger partial charge on any atom is -0.143 e. The fraction of sp³-hybridized carbons (Fsp3) is 0.591. The highest BCUT2D eigenvalue weighted by Crippen LogP contribution is 2.56. The van der Waals surface area contributed by atoms with Crippen LogP contribution in [-0.4, -0.2) is 0 Å². The second-order valence-electron chi connectivity index (χ2n) is 14.5. The van der Waals surface area contributed by atoms with Crippen LogP contribution >= 0.6 is 68.0 Å². The minimum atomic E-state index is 1.23. The van der Waals surface area contributed by atoms with E-state index in [9.17, 15) is 0 Å². The molecule has 0 amide bonds. The van der Waals surface area contributed by atoms with Crippen molar-refractivity contribution in [2.45, 2.75) is 168 Å². The maximum absolute atomic E-state index is 2.35. The number of aryl methyl sites for hydroxylation is 2. The summed E-state index contributed by atoms with van der Waals surface area (Å²) >= 11 is 12.3. The van der Waals surface area contributed by atoms with E-state index in [-0.39, 0.29) is 0 Å². The standard InChI is InChI=1S/C44H60S6/c1-3-5-7-9-11-13-15-17-19-21-23-27-33-37(35-29-25-31-45-35)47-41-39(33)49-44-42-40(50-43(41)44)34(38(48-42)36-30-26-32-46-36)28-24-22-20-18-16-14-12-10-8-6-4-2/h25-26,29-32H,3-24,27-28H2,1-2H3. The Balaban J connectivity index is 1.12. The summed E-state index contributed by atoms with van der Waals surface area (Å²) in [5.74, 6) is 0. The summed E-state index contributed by atoms with van der Waals surface area (Å²) in [5.41, 5.74) is 3.31. The highest BCUT2D eigenvalue weighted by atomic mass is 32.1. The number of fused-ring (bicyclic) bond motifs is 5. The molecular weight excluding hydrogens is 721 g/mol. The lowest BCUT2D eigenvalue weighted by Crippen LogP contribution is -1.87. The van der Waals surface area contributed by atoms with Gasteiger partial charge in [-0.25, -0.2) is 0 Å². The third kappa shape index (κ3) is 10.1. The van der Waals surface area contributed by atoms with E-state index >= 15 is 0 Å².